The number of aromatic nitrogens is 1. The third-order valence-corrected chi connectivity index (χ3v) is 2.21. The maximum Gasteiger partial charge on any atom is 0.138 e. The van der Waals surface area contributed by atoms with E-state index in [1.807, 2.05) is 6.20 Å². The first-order chi connectivity index (χ1) is 5.27. The lowest BCUT2D eigenvalue weighted by molar-refractivity contribution is 0.623. The van der Waals surface area contributed by atoms with Crippen LogP contribution in [0.15, 0.2) is 29.0 Å². The van der Waals surface area contributed by atoms with Gasteiger partial charge < -0.3 is 4.98 Å². The molecule has 1 aromatic carbocycles. The number of hydrogen-bond donors (Lipinski definition) is 1. The molecule has 3 heteroatoms. The summed E-state index contributed by atoms with van der Waals surface area (Å²) in [4.78, 5) is 2.90. The number of aromatic amines is 1. The first-order valence-corrected chi connectivity index (χ1v) is 3.98. The predicted octanol–water partition coefficient (Wildman–Crippen LogP) is 3.07. The van der Waals surface area contributed by atoms with Crippen LogP contribution in [0.3, 0.4) is 0 Å². The molecule has 0 aliphatic rings. The van der Waals surface area contributed by atoms with Crippen LogP contribution in [0.25, 0.3) is 10.8 Å². The Morgan fingerprint density at radius 3 is 2.55 bits per heavy atom. The summed E-state index contributed by atoms with van der Waals surface area (Å²) in [6, 6.07) is 3.25. The highest BCUT2D eigenvalue weighted by Crippen LogP contribution is 2.22. The van der Waals surface area contributed by atoms with Crippen LogP contribution in [-0.4, -0.2) is 4.98 Å². The normalized spacial score (nSPS) is 10.7. The van der Waals surface area contributed by atoms with Crippen molar-refractivity contribution in [2.24, 2.45) is 0 Å². The average molecular weight is 214 g/mol. The predicted molar refractivity (Wildman–Crippen MR) is 46.0 cm³/mol. The van der Waals surface area contributed by atoms with Crippen molar-refractivity contribution >= 4 is 26.7 Å². The molecular weight excluding hydrogens is 209 g/mol. The molecule has 2 rings (SSSR count). The van der Waals surface area contributed by atoms with E-state index < -0.39 is 0 Å². The molecule has 0 aliphatic heterocycles. The van der Waals surface area contributed by atoms with Gasteiger partial charge in [0, 0.05) is 23.2 Å². The van der Waals surface area contributed by atoms with E-state index in [-0.39, 0.29) is 5.82 Å². The van der Waals surface area contributed by atoms with Crippen LogP contribution in [0, 0.1) is 5.82 Å². The first kappa shape index (κ1) is 6.85. The third-order valence-electron chi connectivity index (χ3n) is 1.60. The van der Waals surface area contributed by atoms with Gasteiger partial charge in [-0.3, -0.25) is 0 Å². The third kappa shape index (κ3) is 1.05. The van der Waals surface area contributed by atoms with Gasteiger partial charge in [-0.2, -0.15) is 0 Å². The van der Waals surface area contributed by atoms with Gasteiger partial charge in [0.2, 0.25) is 0 Å². The van der Waals surface area contributed by atoms with E-state index >= 15 is 0 Å². The molecule has 0 spiro atoms. The molecular formula is C8H5BrFN. The zero-order chi connectivity index (χ0) is 7.84. The molecule has 1 nitrogen and oxygen atoms in total. The van der Waals surface area contributed by atoms with Crippen LogP contribution in [0.2, 0.25) is 0 Å². The number of H-pyrrole nitrogens is 1. The molecule has 0 atom stereocenters. The van der Waals surface area contributed by atoms with Crippen molar-refractivity contribution in [1.82, 2.24) is 4.98 Å². The Morgan fingerprint density at radius 2 is 1.82 bits per heavy atom. The second-order valence-electron chi connectivity index (χ2n) is 2.35. The maximum atomic E-state index is 12.9. The van der Waals surface area contributed by atoms with Crippen molar-refractivity contribution in [3.05, 3.63) is 34.8 Å². The van der Waals surface area contributed by atoms with Crippen LogP contribution >= 0.6 is 15.9 Å². The van der Waals surface area contributed by atoms with E-state index in [1.165, 1.54) is 6.07 Å². The molecule has 1 N–H and O–H groups in total. The Hall–Kier alpha value is -0.830. The van der Waals surface area contributed by atoms with Gasteiger partial charge in [0.1, 0.15) is 5.82 Å². The lowest BCUT2D eigenvalue weighted by Gasteiger charge is -1.92. The fourth-order valence-corrected chi connectivity index (χ4v) is 1.41. The first-order valence-electron chi connectivity index (χ1n) is 3.19. The Morgan fingerprint density at radius 1 is 1.18 bits per heavy atom. The van der Waals surface area contributed by atoms with Crippen LogP contribution in [0.4, 0.5) is 4.39 Å². The molecule has 0 fully saturated rings. The largest absolute Gasteiger partial charge is 0.366 e. The summed E-state index contributed by atoms with van der Waals surface area (Å²) in [5.41, 5.74) is 0. The molecule has 1 aromatic heterocycles. The Kier molecular flexibility index (Phi) is 1.46. The monoisotopic (exact) mass is 213 g/mol. The average Bonchev–Trinajstić information content (AvgIpc) is 2.36. The van der Waals surface area contributed by atoms with E-state index in [2.05, 4.69) is 20.9 Å². The molecule has 0 bridgehead atoms. The Bertz CT molecular complexity index is 358. The van der Waals surface area contributed by atoms with Gasteiger partial charge in [0.15, 0.2) is 0 Å². The summed E-state index contributed by atoms with van der Waals surface area (Å²) in [6.07, 6.45) is 3.60. The highest BCUT2D eigenvalue weighted by atomic mass is 79.9. The van der Waals surface area contributed by atoms with E-state index in [4.69, 9.17) is 0 Å². The minimum absolute atomic E-state index is 0.225. The van der Waals surface area contributed by atoms with Crippen molar-refractivity contribution in [3.8, 4) is 0 Å². The van der Waals surface area contributed by atoms with Crippen molar-refractivity contribution < 1.29 is 4.39 Å². The molecule has 0 radical (unpaired) electrons. The highest BCUT2D eigenvalue weighted by molar-refractivity contribution is 9.10. The van der Waals surface area contributed by atoms with E-state index in [9.17, 15) is 4.39 Å². The van der Waals surface area contributed by atoms with Gasteiger partial charge in [0.25, 0.3) is 0 Å². The van der Waals surface area contributed by atoms with Crippen molar-refractivity contribution in [3.63, 3.8) is 0 Å². The number of benzene rings is 1. The topological polar surface area (TPSA) is 15.8 Å². The smallest absolute Gasteiger partial charge is 0.138 e. The number of hydrogen-bond acceptors (Lipinski definition) is 0. The summed E-state index contributed by atoms with van der Waals surface area (Å²) < 4.78 is 13.4. The summed E-state index contributed by atoms with van der Waals surface area (Å²) >= 11 is 3.11. The minimum Gasteiger partial charge on any atom is -0.366 e. The second kappa shape index (κ2) is 2.34. The van der Waals surface area contributed by atoms with Crippen LogP contribution in [0.5, 0.6) is 0 Å². The molecule has 56 valence electrons. The molecule has 0 aliphatic carbocycles. The SMILES string of the molecule is Fc1cc2c[nH]cc2cc1Br. The molecule has 2 aromatic rings. The molecule has 0 amide bonds. The number of fused-ring (bicyclic) bond motifs is 1. The van der Waals surface area contributed by atoms with Gasteiger partial charge in [-0.25, -0.2) is 4.39 Å². The van der Waals surface area contributed by atoms with Crippen LogP contribution in [0.1, 0.15) is 0 Å². The minimum atomic E-state index is -0.225. The number of nitrogens with one attached hydrogen (secondary N) is 1. The Labute approximate surface area is 71.4 Å². The van der Waals surface area contributed by atoms with Gasteiger partial charge >= 0.3 is 0 Å². The lowest BCUT2D eigenvalue weighted by atomic mass is 10.2. The van der Waals surface area contributed by atoms with Crippen molar-refractivity contribution in [2.45, 2.75) is 0 Å². The molecule has 11 heavy (non-hydrogen) atoms. The van der Waals surface area contributed by atoms with Crippen LogP contribution < -0.4 is 0 Å². The zero-order valence-corrected chi connectivity index (χ0v) is 7.15. The molecule has 0 saturated heterocycles. The summed E-state index contributed by atoms with van der Waals surface area (Å²) in [6.45, 7) is 0. The summed E-state index contributed by atoms with van der Waals surface area (Å²) in [7, 11) is 0. The van der Waals surface area contributed by atoms with Gasteiger partial charge in [-0.1, -0.05) is 0 Å². The van der Waals surface area contributed by atoms with Crippen LogP contribution in [-0.2, 0) is 0 Å². The fourth-order valence-electron chi connectivity index (χ4n) is 1.05. The number of halogens is 2. The highest BCUT2D eigenvalue weighted by Gasteiger charge is 2.00. The standard InChI is InChI=1S/C8H5BrFN/c9-7-1-5-3-11-4-6(5)2-8(7)10/h1-4,11H. The van der Waals surface area contributed by atoms with Crippen molar-refractivity contribution in [2.75, 3.05) is 0 Å². The summed E-state index contributed by atoms with van der Waals surface area (Å²) in [5, 5.41) is 1.91. The number of rotatable bonds is 0. The van der Waals surface area contributed by atoms with E-state index in [0.29, 0.717) is 4.47 Å². The zero-order valence-electron chi connectivity index (χ0n) is 5.57. The Balaban J connectivity index is 2.86. The summed E-state index contributed by atoms with van der Waals surface area (Å²) in [5.74, 6) is -0.225. The van der Waals surface area contributed by atoms with E-state index in [0.717, 1.165) is 10.8 Å². The quantitative estimate of drug-likeness (QED) is 0.693. The van der Waals surface area contributed by atoms with Gasteiger partial charge in [-0.05, 0) is 28.1 Å². The van der Waals surface area contributed by atoms with Crippen molar-refractivity contribution in [1.29, 1.82) is 0 Å². The fraction of sp³-hybridized carbons (Fsp3) is 0. The molecule has 0 unspecified atom stereocenters. The second-order valence-corrected chi connectivity index (χ2v) is 3.20. The molecule has 0 saturated carbocycles. The van der Waals surface area contributed by atoms with Gasteiger partial charge in [0.05, 0.1) is 4.47 Å². The molecule has 1 heterocycles. The van der Waals surface area contributed by atoms with Gasteiger partial charge in [-0.15, -0.1) is 0 Å². The van der Waals surface area contributed by atoms with E-state index in [1.54, 1.807) is 12.3 Å². The maximum absolute atomic E-state index is 12.9. The lowest BCUT2D eigenvalue weighted by Crippen LogP contribution is -1.74.